The van der Waals surface area contributed by atoms with Crippen LogP contribution in [0, 0.1) is 0 Å². The number of rotatable bonds is 7. The lowest BCUT2D eigenvalue weighted by atomic mass is 10.1. The van der Waals surface area contributed by atoms with Crippen LogP contribution in [0.1, 0.15) is 43.0 Å². The van der Waals surface area contributed by atoms with E-state index < -0.39 is 6.10 Å². The van der Waals surface area contributed by atoms with Crippen molar-refractivity contribution >= 4 is 5.78 Å². The smallest absolute Gasteiger partial charge is 0.185 e. The molecule has 0 aliphatic heterocycles. The molecular weight excluding hydrogens is 212 g/mol. The maximum atomic E-state index is 11.7. The molecule has 2 nitrogen and oxygen atoms in total. The lowest BCUT2D eigenvalue weighted by molar-refractivity contribution is 0.104. The van der Waals surface area contributed by atoms with Gasteiger partial charge in [0.2, 0.25) is 0 Å². The number of ketones is 1. The van der Waals surface area contributed by atoms with Gasteiger partial charge in [0.05, 0.1) is 6.10 Å². The summed E-state index contributed by atoms with van der Waals surface area (Å²) in [4.78, 5) is 11.7. The number of aliphatic hydroxyl groups excluding tert-OH is 1. The molecule has 0 aliphatic carbocycles. The number of hydrogen-bond acceptors (Lipinski definition) is 2. The van der Waals surface area contributed by atoms with E-state index in [2.05, 4.69) is 6.92 Å². The lowest BCUT2D eigenvalue weighted by Crippen LogP contribution is -2.03. The molecule has 1 N–H and O–H groups in total. The molecule has 0 aliphatic rings. The molecule has 1 unspecified atom stereocenters. The minimum atomic E-state index is -0.505. The molecule has 0 spiro atoms. The fraction of sp³-hybridized carbons (Fsp3) is 0.400. The second-order valence-electron chi connectivity index (χ2n) is 4.15. The third kappa shape index (κ3) is 5.45. The Hall–Kier alpha value is -1.41. The number of allylic oxidation sites excluding steroid dienone is 1. The van der Waals surface area contributed by atoms with Crippen molar-refractivity contribution in [3.63, 3.8) is 0 Å². The van der Waals surface area contributed by atoms with Gasteiger partial charge in [0.15, 0.2) is 5.78 Å². The molecule has 1 aromatic carbocycles. The summed E-state index contributed by atoms with van der Waals surface area (Å²) in [6.07, 6.45) is 6.54. The predicted molar refractivity (Wildman–Crippen MR) is 70.1 cm³/mol. The van der Waals surface area contributed by atoms with Crippen molar-refractivity contribution in [3.05, 3.63) is 48.0 Å². The molecule has 92 valence electrons. The maximum Gasteiger partial charge on any atom is 0.185 e. The van der Waals surface area contributed by atoms with Gasteiger partial charge in [-0.1, -0.05) is 62.6 Å². The predicted octanol–water partition coefficient (Wildman–Crippen LogP) is 3.37. The SMILES string of the molecule is CCCCCC(O)C=CC(=O)c1ccccc1. The molecule has 0 saturated heterocycles. The van der Waals surface area contributed by atoms with E-state index in [1.54, 1.807) is 18.2 Å². The van der Waals surface area contributed by atoms with Crippen molar-refractivity contribution in [1.82, 2.24) is 0 Å². The fourth-order valence-corrected chi connectivity index (χ4v) is 1.60. The van der Waals surface area contributed by atoms with Crippen LogP contribution in [0.4, 0.5) is 0 Å². The van der Waals surface area contributed by atoms with E-state index in [1.165, 1.54) is 6.08 Å². The normalized spacial score (nSPS) is 12.8. The molecule has 2 heteroatoms. The molecule has 0 radical (unpaired) electrons. The van der Waals surface area contributed by atoms with Gasteiger partial charge in [-0.05, 0) is 12.5 Å². The Bertz CT molecular complexity index is 354. The Morgan fingerprint density at radius 3 is 2.65 bits per heavy atom. The number of unbranched alkanes of at least 4 members (excludes halogenated alkanes) is 2. The first kappa shape index (κ1) is 13.7. The van der Waals surface area contributed by atoms with Gasteiger partial charge >= 0.3 is 0 Å². The number of aliphatic hydroxyl groups is 1. The topological polar surface area (TPSA) is 37.3 Å². The molecular formula is C15H20O2. The van der Waals surface area contributed by atoms with Crippen LogP contribution in [0.5, 0.6) is 0 Å². The van der Waals surface area contributed by atoms with Crippen LogP contribution in [0.3, 0.4) is 0 Å². The van der Waals surface area contributed by atoms with Gasteiger partial charge in [0, 0.05) is 5.56 Å². The van der Waals surface area contributed by atoms with E-state index in [9.17, 15) is 9.90 Å². The maximum absolute atomic E-state index is 11.7. The highest BCUT2D eigenvalue weighted by Crippen LogP contribution is 2.06. The third-order valence-corrected chi connectivity index (χ3v) is 2.63. The van der Waals surface area contributed by atoms with Crippen LogP contribution in [-0.4, -0.2) is 17.0 Å². The van der Waals surface area contributed by atoms with Crippen LogP contribution in [0.25, 0.3) is 0 Å². The summed E-state index contributed by atoms with van der Waals surface area (Å²) in [6, 6.07) is 9.09. The Morgan fingerprint density at radius 2 is 2.00 bits per heavy atom. The van der Waals surface area contributed by atoms with Crippen LogP contribution in [0.2, 0.25) is 0 Å². The molecule has 1 aromatic rings. The summed E-state index contributed by atoms with van der Waals surface area (Å²) in [5, 5.41) is 9.63. The van der Waals surface area contributed by atoms with Crippen molar-refractivity contribution in [2.24, 2.45) is 0 Å². The standard InChI is InChI=1S/C15H20O2/c1-2-3-5-10-14(16)11-12-15(17)13-8-6-4-7-9-13/h4,6-9,11-12,14,16H,2-3,5,10H2,1H3. The monoisotopic (exact) mass is 232 g/mol. The highest BCUT2D eigenvalue weighted by Gasteiger charge is 2.02. The third-order valence-electron chi connectivity index (χ3n) is 2.63. The fourth-order valence-electron chi connectivity index (χ4n) is 1.60. The van der Waals surface area contributed by atoms with Gasteiger partial charge in [-0.15, -0.1) is 0 Å². The van der Waals surface area contributed by atoms with Gasteiger partial charge in [-0.2, -0.15) is 0 Å². The molecule has 0 aromatic heterocycles. The molecule has 0 saturated carbocycles. The molecule has 17 heavy (non-hydrogen) atoms. The van der Waals surface area contributed by atoms with Crippen molar-refractivity contribution in [1.29, 1.82) is 0 Å². The summed E-state index contributed by atoms with van der Waals surface area (Å²) in [5.41, 5.74) is 0.657. The number of hydrogen-bond donors (Lipinski definition) is 1. The minimum Gasteiger partial charge on any atom is -0.389 e. The zero-order valence-electron chi connectivity index (χ0n) is 10.3. The van der Waals surface area contributed by atoms with E-state index in [4.69, 9.17) is 0 Å². The van der Waals surface area contributed by atoms with E-state index >= 15 is 0 Å². The summed E-state index contributed by atoms with van der Waals surface area (Å²) in [7, 11) is 0. The Morgan fingerprint density at radius 1 is 1.29 bits per heavy atom. The summed E-state index contributed by atoms with van der Waals surface area (Å²) in [6.45, 7) is 2.13. The van der Waals surface area contributed by atoms with Crippen LogP contribution < -0.4 is 0 Å². The summed E-state index contributed by atoms with van der Waals surface area (Å²) >= 11 is 0. The van der Waals surface area contributed by atoms with Crippen molar-refractivity contribution < 1.29 is 9.90 Å². The summed E-state index contributed by atoms with van der Waals surface area (Å²) in [5.74, 6) is -0.0554. The van der Waals surface area contributed by atoms with Gasteiger partial charge in [0.1, 0.15) is 0 Å². The van der Waals surface area contributed by atoms with Crippen LogP contribution in [0.15, 0.2) is 42.5 Å². The molecule has 1 atom stereocenters. The van der Waals surface area contributed by atoms with Crippen LogP contribution >= 0.6 is 0 Å². The van der Waals surface area contributed by atoms with E-state index in [1.807, 2.05) is 18.2 Å². The first-order chi connectivity index (χ1) is 8.24. The molecule has 0 amide bonds. The van der Waals surface area contributed by atoms with Gasteiger partial charge in [-0.25, -0.2) is 0 Å². The zero-order valence-corrected chi connectivity index (χ0v) is 10.3. The van der Waals surface area contributed by atoms with Gasteiger partial charge in [-0.3, -0.25) is 4.79 Å². The second kappa shape index (κ2) is 7.80. The Labute approximate surface area is 103 Å². The van der Waals surface area contributed by atoms with Crippen molar-refractivity contribution in [2.45, 2.75) is 38.7 Å². The average molecular weight is 232 g/mol. The average Bonchev–Trinajstić information content (AvgIpc) is 2.37. The number of benzene rings is 1. The molecule has 0 fully saturated rings. The number of carbonyl (C=O) groups is 1. The highest BCUT2D eigenvalue weighted by molar-refractivity contribution is 6.04. The molecule has 1 rings (SSSR count). The zero-order chi connectivity index (χ0) is 12.5. The largest absolute Gasteiger partial charge is 0.389 e. The van der Waals surface area contributed by atoms with Gasteiger partial charge < -0.3 is 5.11 Å². The lowest BCUT2D eigenvalue weighted by Gasteiger charge is -2.03. The van der Waals surface area contributed by atoms with Gasteiger partial charge in [0.25, 0.3) is 0 Å². The second-order valence-corrected chi connectivity index (χ2v) is 4.15. The quantitative estimate of drug-likeness (QED) is 0.444. The van der Waals surface area contributed by atoms with E-state index in [0.717, 1.165) is 25.7 Å². The van der Waals surface area contributed by atoms with E-state index in [0.29, 0.717) is 5.56 Å². The van der Waals surface area contributed by atoms with Crippen molar-refractivity contribution in [2.75, 3.05) is 0 Å². The number of carbonyl (C=O) groups excluding carboxylic acids is 1. The Kier molecular flexibility index (Phi) is 6.26. The molecule has 0 heterocycles. The molecule has 0 bridgehead atoms. The first-order valence-electron chi connectivity index (χ1n) is 6.19. The minimum absolute atomic E-state index is 0.0554. The Balaban J connectivity index is 2.40. The van der Waals surface area contributed by atoms with Crippen LogP contribution in [-0.2, 0) is 0 Å². The van der Waals surface area contributed by atoms with Crippen molar-refractivity contribution in [3.8, 4) is 0 Å². The summed E-state index contributed by atoms with van der Waals surface area (Å²) < 4.78 is 0. The first-order valence-corrected chi connectivity index (χ1v) is 6.19. The highest BCUT2D eigenvalue weighted by atomic mass is 16.3. The van der Waals surface area contributed by atoms with E-state index in [-0.39, 0.29) is 5.78 Å².